The summed E-state index contributed by atoms with van der Waals surface area (Å²) in [5, 5.41) is 32.7. The van der Waals surface area contributed by atoms with Crippen molar-refractivity contribution in [2.24, 2.45) is 0 Å². The van der Waals surface area contributed by atoms with Gasteiger partial charge in [0.1, 0.15) is 23.1 Å². The molecule has 12 heteroatoms. The molecule has 2 N–H and O–H groups in total. The molecule has 0 bridgehead atoms. The smallest absolute Gasteiger partial charge is 0.416 e. The minimum Gasteiger partial charge on any atom is -0.508 e. The maximum atomic E-state index is 13.0. The first kappa shape index (κ1) is 25.3. The molecule has 0 saturated heterocycles. The Balaban J connectivity index is 1.98. The summed E-state index contributed by atoms with van der Waals surface area (Å²) in [7, 11) is 0. The van der Waals surface area contributed by atoms with Crippen LogP contribution < -0.4 is 10.1 Å². The number of nitrogens with zero attached hydrogens (tertiary/aromatic N) is 2. The molecule has 3 aromatic rings. The van der Waals surface area contributed by atoms with E-state index in [1.54, 1.807) is 6.07 Å². The average Bonchev–Trinajstić information content (AvgIpc) is 2.79. The Labute approximate surface area is 204 Å². The number of nitro benzene ring substituents is 1. The molecule has 3 rings (SSSR count). The number of hydrogen-bond donors (Lipinski definition) is 2. The number of benzene rings is 3. The van der Waals surface area contributed by atoms with Gasteiger partial charge in [-0.2, -0.15) is 18.4 Å². The molecule has 178 valence electrons. The summed E-state index contributed by atoms with van der Waals surface area (Å²) in [5.41, 5.74) is -2.04. The third-order valence-corrected chi connectivity index (χ3v) is 4.96. The van der Waals surface area contributed by atoms with Gasteiger partial charge in [-0.15, -0.1) is 0 Å². The van der Waals surface area contributed by atoms with Crippen LogP contribution in [0.1, 0.15) is 11.1 Å². The Kier molecular flexibility index (Phi) is 7.41. The van der Waals surface area contributed by atoms with E-state index in [0.29, 0.717) is 22.3 Å². The van der Waals surface area contributed by atoms with Gasteiger partial charge in [-0.3, -0.25) is 14.9 Å². The number of nitro groups is 1. The molecule has 0 aliphatic carbocycles. The summed E-state index contributed by atoms with van der Waals surface area (Å²) < 4.78 is 45.0. The molecule has 8 nitrogen and oxygen atoms in total. The van der Waals surface area contributed by atoms with Crippen molar-refractivity contribution >= 4 is 39.3 Å². The molecule has 0 aromatic heterocycles. The van der Waals surface area contributed by atoms with Crippen molar-refractivity contribution < 1.29 is 32.7 Å². The highest BCUT2D eigenvalue weighted by molar-refractivity contribution is 9.10. The lowest BCUT2D eigenvalue weighted by atomic mass is 10.1. The molecule has 0 heterocycles. The van der Waals surface area contributed by atoms with Gasteiger partial charge >= 0.3 is 11.9 Å². The minimum absolute atomic E-state index is 0.0210. The number of aromatic hydroxyl groups is 1. The van der Waals surface area contributed by atoms with Crippen LogP contribution in [0.15, 0.2) is 70.7 Å². The second-order valence-corrected chi connectivity index (χ2v) is 7.81. The lowest BCUT2D eigenvalue weighted by molar-refractivity contribution is -0.385. The molecule has 1 amide bonds. The van der Waals surface area contributed by atoms with Gasteiger partial charge in [0, 0.05) is 21.8 Å². The standard InChI is InChI=1S/C23H13BrF3N3O5/c24-16-2-8-20(35-21-7-1-15(23(25,26)27)11-19(21)30(33)34)13(10-16)9-14(12-28)22(32)29-17-3-5-18(31)6-4-17/h1-11,31H,(H,29,32)/b14-9+. The summed E-state index contributed by atoms with van der Waals surface area (Å²) in [4.78, 5) is 22.9. The number of phenols is 1. The molecule has 3 aromatic carbocycles. The van der Waals surface area contributed by atoms with Crippen molar-refractivity contribution in [1.82, 2.24) is 0 Å². The van der Waals surface area contributed by atoms with Crippen molar-refractivity contribution in [2.75, 3.05) is 5.32 Å². The van der Waals surface area contributed by atoms with Gasteiger partial charge in [0.15, 0.2) is 0 Å². The van der Waals surface area contributed by atoms with E-state index in [2.05, 4.69) is 21.2 Å². The Hall–Kier alpha value is -4.37. The fourth-order valence-corrected chi connectivity index (χ4v) is 3.19. The van der Waals surface area contributed by atoms with Gasteiger partial charge in [-0.25, -0.2) is 0 Å². The fourth-order valence-electron chi connectivity index (χ4n) is 2.81. The molecule has 0 aliphatic rings. The van der Waals surface area contributed by atoms with E-state index in [1.165, 1.54) is 42.5 Å². The Bertz CT molecular complexity index is 1370. The number of hydrogen-bond acceptors (Lipinski definition) is 6. The van der Waals surface area contributed by atoms with E-state index >= 15 is 0 Å². The number of carbonyl (C=O) groups is 1. The van der Waals surface area contributed by atoms with E-state index < -0.39 is 34.0 Å². The van der Waals surface area contributed by atoms with Crippen LogP contribution in [-0.2, 0) is 11.0 Å². The normalized spacial score (nSPS) is 11.5. The highest BCUT2D eigenvalue weighted by Crippen LogP contribution is 2.39. The highest BCUT2D eigenvalue weighted by Gasteiger charge is 2.33. The summed E-state index contributed by atoms with van der Waals surface area (Å²) in [6.07, 6.45) is -3.63. The van der Waals surface area contributed by atoms with Crippen molar-refractivity contribution in [3.05, 3.63) is 92.0 Å². The Morgan fingerprint density at radius 3 is 2.37 bits per heavy atom. The molecule has 0 radical (unpaired) electrons. The number of nitriles is 1. The molecule has 0 spiro atoms. The Morgan fingerprint density at radius 1 is 1.11 bits per heavy atom. The van der Waals surface area contributed by atoms with Gasteiger partial charge in [0.05, 0.1) is 10.5 Å². The molecule has 35 heavy (non-hydrogen) atoms. The van der Waals surface area contributed by atoms with Crippen LogP contribution in [-0.4, -0.2) is 15.9 Å². The number of alkyl halides is 3. The van der Waals surface area contributed by atoms with Crippen molar-refractivity contribution in [3.8, 4) is 23.3 Å². The van der Waals surface area contributed by atoms with Gasteiger partial charge < -0.3 is 15.2 Å². The SMILES string of the molecule is N#C/C(=C\c1cc(Br)ccc1Oc1ccc(C(F)(F)F)cc1[N+](=O)[O-])C(=O)Nc1ccc(O)cc1. The van der Waals surface area contributed by atoms with Crippen LogP contribution in [0.2, 0.25) is 0 Å². The first-order valence-electron chi connectivity index (χ1n) is 9.53. The molecular formula is C23H13BrF3N3O5. The largest absolute Gasteiger partial charge is 0.508 e. The summed E-state index contributed by atoms with van der Waals surface area (Å²) >= 11 is 3.24. The first-order chi connectivity index (χ1) is 16.5. The van der Waals surface area contributed by atoms with E-state index in [9.17, 15) is 38.4 Å². The third-order valence-electron chi connectivity index (χ3n) is 4.46. The molecule has 0 atom stereocenters. The minimum atomic E-state index is -4.79. The van der Waals surface area contributed by atoms with E-state index in [0.717, 1.165) is 12.1 Å². The van der Waals surface area contributed by atoms with Gasteiger partial charge in [-0.1, -0.05) is 15.9 Å². The zero-order valence-electron chi connectivity index (χ0n) is 17.3. The molecule has 0 saturated carbocycles. The summed E-state index contributed by atoms with van der Waals surface area (Å²) in [6.45, 7) is 0. The lowest BCUT2D eigenvalue weighted by Gasteiger charge is -2.12. The lowest BCUT2D eigenvalue weighted by Crippen LogP contribution is -2.13. The molecule has 0 fully saturated rings. The number of anilines is 1. The van der Waals surface area contributed by atoms with Crippen LogP contribution >= 0.6 is 15.9 Å². The summed E-state index contributed by atoms with van der Waals surface area (Å²) in [5.74, 6) is -1.33. The topological polar surface area (TPSA) is 125 Å². The van der Waals surface area contributed by atoms with E-state index in [-0.39, 0.29) is 22.6 Å². The van der Waals surface area contributed by atoms with Crippen LogP contribution in [0.4, 0.5) is 24.5 Å². The Morgan fingerprint density at radius 2 is 1.77 bits per heavy atom. The van der Waals surface area contributed by atoms with Crippen molar-refractivity contribution in [1.29, 1.82) is 5.26 Å². The number of phenolic OH excluding ortho intramolecular Hbond substituents is 1. The van der Waals surface area contributed by atoms with E-state index in [4.69, 9.17) is 4.74 Å². The van der Waals surface area contributed by atoms with Crippen molar-refractivity contribution in [3.63, 3.8) is 0 Å². The van der Waals surface area contributed by atoms with Gasteiger partial charge in [0.2, 0.25) is 5.75 Å². The monoisotopic (exact) mass is 547 g/mol. The molecule has 0 unspecified atom stereocenters. The van der Waals surface area contributed by atoms with Crippen LogP contribution in [0.3, 0.4) is 0 Å². The number of carbonyl (C=O) groups excluding carboxylic acids is 1. The van der Waals surface area contributed by atoms with Crippen LogP contribution in [0.5, 0.6) is 17.2 Å². The highest BCUT2D eigenvalue weighted by atomic mass is 79.9. The number of nitrogens with one attached hydrogen (secondary N) is 1. The van der Waals surface area contributed by atoms with E-state index in [1.807, 2.05) is 0 Å². The zero-order valence-corrected chi connectivity index (χ0v) is 18.9. The first-order valence-corrected chi connectivity index (χ1v) is 10.3. The zero-order chi connectivity index (χ0) is 25.8. The average molecular weight is 548 g/mol. The van der Waals surface area contributed by atoms with Crippen LogP contribution in [0, 0.1) is 21.4 Å². The number of rotatable bonds is 6. The fraction of sp³-hybridized carbons (Fsp3) is 0.0435. The summed E-state index contributed by atoms with van der Waals surface area (Å²) in [6, 6.07) is 13.4. The quantitative estimate of drug-likeness (QED) is 0.120. The van der Waals surface area contributed by atoms with Crippen molar-refractivity contribution in [2.45, 2.75) is 6.18 Å². The van der Waals surface area contributed by atoms with Gasteiger partial charge in [-0.05, 0) is 60.7 Å². The maximum Gasteiger partial charge on any atom is 0.416 e. The maximum absolute atomic E-state index is 13.0. The second kappa shape index (κ2) is 10.3. The molecular weight excluding hydrogens is 535 g/mol. The number of ether oxygens (including phenoxy) is 1. The van der Waals surface area contributed by atoms with Gasteiger partial charge in [0.25, 0.3) is 5.91 Å². The predicted molar refractivity (Wildman–Crippen MR) is 123 cm³/mol. The molecule has 0 aliphatic heterocycles. The second-order valence-electron chi connectivity index (χ2n) is 6.89. The number of amides is 1. The third kappa shape index (κ3) is 6.36. The predicted octanol–water partition coefficient (Wildman–Crippen LogP) is 6.42. The van der Waals surface area contributed by atoms with Crippen LogP contribution in [0.25, 0.3) is 6.08 Å². The number of halogens is 4.